The Morgan fingerprint density at radius 3 is 2.83 bits per heavy atom. The first-order valence-corrected chi connectivity index (χ1v) is 8.19. The Balaban J connectivity index is 1.83. The lowest BCUT2D eigenvalue weighted by Gasteiger charge is -2.09. The Hall–Kier alpha value is -1.93. The van der Waals surface area contributed by atoms with Crippen LogP contribution >= 0.6 is 34.2 Å². The molecule has 5 nitrogen and oxygen atoms in total. The predicted molar refractivity (Wildman–Crippen MR) is 98.8 cm³/mol. The minimum absolute atomic E-state index is 0.126. The molecule has 1 N–H and O–H groups in total. The van der Waals surface area contributed by atoms with Gasteiger partial charge in [-0.1, -0.05) is 23.7 Å². The van der Waals surface area contributed by atoms with Crippen LogP contribution in [0, 0.1) is 3.57 Å². The summed E-state index contributed by atoms with van der Waals surface area (Å²) in [4.78, 5) is 28.7. The second kappa shape index (κ2) is 6.67. The zero-order valence-corrected chi connectivity index (χ0v) is 14.7. The van der Waals surface area contributed by atoms with Crippen LogP contribution in [0.3, 0.4) is 0 Å². The Kier molecular flexibility index (Phi) is 4.63. The van der Waals surface area contributed by atoms with Gasteiger partial charge in [0, 0.05) is 3.57 Å². The van der Waals surface area contributed by atoms with Gasteiger partial charge in [0.25, 0.3) is 5.56 Å². The van der Waals surface area contributed by atoms with Gasteiger partial charge in [-0.25, -0.2) is 4.98 Å². The van der Waals surface area contributed by atoms with E-state index in [1.807, 2.05) is 12.1 Å². The largest absolute Gasteiger partial charge is 0.323 e. The second-order valence-electron chi connectivity index (χ2n) is 4.87. The number of halogens is 2. The third kappa shape index (κ3) is 3.53. The molecule has 0 aliphatic carbocycles. The summed E-state index contributed by atoms with van der Waals surface area (Å²) in [5.41, 5.74) is 0.869. The molecule has 0 atom stereocenters. The zero-order valence-electron chi connectivity index (χ0n) is 11.8. The van der Waals surface area contributed by atoms with Crippen LogP contribution in [0.4, 0.5) is 5.69 Å². The summed E-state index contributed by atoms with van der Waals surface area (Å²) in [7, 11) is 0. The fraction of sp³-hybridized carbons (Fsp3) is 0.0625. The highest BCUT2D eigenvalue weighted by atomic mass is 127. The summed E-state index contributed by atoms with van der Waals surface area (Å²) in [6.07, 6.45) is 1.37. The van der Waals surface area contributed by atoms with Crippen LogP contribution in [0.1, 0.15) is 0 Å². The number of hydrogen-bond donors (Lipinski definition) is 1. The Morgan fingerprint density at radius 1 is 1.26 bits per heavy atom. The molecular formula is C16H11ClIN3O2. The summed E-state index contributed by atoms with van der Waals surface area (Å²) in [6.45, 7) is -0.126. The molecule has 0 fully saturated rings. The summed E-state index contributed by atoms with van der Waals surface area (Å²) < 4.78 is 2.25. The van der Waals surface area contributed by atoms with Crippen LogP contribution in [0.2, 0.25) is 5.02 Å². The number of carbonyl (C=O) groups excluding carboxylic acids is 1. The van der Waals surface area contributed by atoms with Crippen LogP contribution < -0.4 is 10.9 Å². The average molecular weight is 440 g/mol. The van der Waals surface area contributed by atoms with Gasteiger partial charge in [0.15, 0.2) is 0 Å². The highest BCUT2D eigenvalue weighted by molar-refractivity contribution is 14.1. The first-order chi connectivity index (χ1) is 11.0. The van der Waals surface area contributed by atoms with Gasteiger partial charge >= 0.3 is 0 Å². The minimum Gasteiger partial charge on any atom is -0.323 e. The van der Waals surface area contributed by atoms with E-state index in [4.69, 9.17) is 11.6 Å². The molecule has 0 saturated heterocycles. The standard InChI is InChI=1S/C16H11ClIN3O2/c17-12-7-10(18)5-6-14(12)20-15(22)8-21-9-19-13-4-2-1-3-11(13)16(21)23/h1-7,9H,8H2,(H,20,22). The van der Waals surface area contributed by atoms with Crippen molar-refractivity contribution in [3.8, 4) is 0 Å². The number of aromatic nitrogens is 2. The summed E-state index contributed by atoms with van der Waals surface area (Å²) >= 11 is 8.22. The smallest absolute Gasteiger partial charge is 0.261 e. The van der Waals surface area contributed by atoms with E-state index in [1.54, 1.807) is 30.3 Å². The first kappa shape index (κ1) is 15.9. The maximum Gasteiger partial charge on any atom is 0.261 e. The van der Waals surface area contributed by atoms with Gasteiger partial charge in [0.2, 0.25) is 5.91 Å². The molecule has 1 amide bonds. The fourth-order valence-electron chi connectivity index (χ4n) is 2.15. The van der Waals surface area contributed by atoms with Crippen molar-refractivity contribution in [1.82, 2.24) is 9.55 Å². The average Bonchev–Trinajstić information content (AvgIpc) is 2.53. The van der Waals surface area contributed by atoms with Gasteiger partial charge < -0.3 is 5.32 Å². The first-order valence-electron chi connectivity index (χ1n) is 6.73. The van der Waals surface area contributed by atoms with Gasteiger partial charge in [-0.15, -0.1) is 0 Å². The number of nitrogens with one attached hydrogen (secondary N) is 1. The van der Waals surface area contributed by atoms with Crippen molar-refractivity contribution in [2.24, 2.45) is 0 Å². The van der Waals surface area contributed by atoms with E-state index in [0.29, 0.717) is 21.6 Å². The van der Waals surface area contributed by atoms with E-state index in [9.17, 15) is 9.59 Å². The molecule has 1 heterocycles. The van der Waals surface area contributed by atoms with Gasteiger partial charge in [-0.3, -0.25) is 14.2 Å². The van der Waals surface area contributed by atoms with Crippen LogP contribution in [-0.4, -0.2) is 15.5 Å². The molecule has 0 saturated carbocycles. The van der Waals surface area contributed by atoms with Crippen molar-refractivity contribution in [1.29, 1.82) is 0 Å². The normalized spacial score (nSPS) is 10.7. The van der Waals surface area contributed by atoms with Crippen LogP contribution in [0.15, 0.2) is 53.6 Å². The molecular weight excluding hydrogens is 429 g/mol. The number of carbonyl (C=O) groups is 1. The molecule has 23 heavy (non-hydrogen) atoms. The number of fused-ring (bicyclic) bond motifs is 1. The lowest BCUT2D eigenvalue weighted by Crippen LogP contribution is -2.28. The molecule has 0 unspecified atom stereocenters. The Bertz CT molecular complexity index is 955. The number of para-hydroxylation sites is 1. The Labute approximate surface area is 150 Å². The van der Waals surface area contributed by atoms with E-state index in [-0.39, 0.29) is 18.0 Å². The van der Waals surface area contributed by atoms with E-state index < -0.39 is 0 Å². The SMILES string of the molecule is O=C(Cn1cnc2ccccc2c1=O)Nc1ccc(I)cc1Cl. The van der Waals surface area contributed by atoms with E-state index >= 15 is 0 Å². The van der Waals surface area contributed by atoms with Crippen molar-refractivity contribution >= 4 is 56.7 Å². The zero-order chi connectivity index (χ0) is 16.4. The van der Waals surface area contributed by atoms with Gasteiger partial charge in [0.1, 0.15) is 6.54 Å². The molecule has 116 valence electrons. The monoisotopic (exact) mass is 439 g/mol. The number of benzene rings is 2. The fourth-order valence-corrected chi connectivity index (χ4v) is 3.06. The molecule has 0 aliphatic rings. The van der Waals surface area contributed by atoms with Crippen molar-refractivity contribution < 1.29 is 4.79 Å². The second-order valence-corrected chi connectivity index (χ2v) is 6.52. The highest BCUT2D eigenvalue weighted by Crippen LogP contribution is 2.23. The van der Waals surface area contributed by atoms with Crippen molar-refractivity contribution in [3.63, 3.8) is 0 Å². The third-order valence-electron chi connectivity index (χ3n) is 3.25. The van der Waals surface area contributed by atoms with Crippen LogP contribution in [0.5, 0.6) is 0 Å². The molecule has 0 spiro atoms. The highest BCUT2D eigenvalue weighted by Gasteiger charge is 2.10. The Morgan fingerprint density at radius 2 is 2.04 bits per heavy atom. The van der Waals surface area contributed by atoms with Crippen molar-refractivity contribution in [2.45, 2.75) is 6.54 Å². The number of anilines is 1. The van der Waals surface area contributed by atoms with E-state index in [1.165, 1.54) is 10.9 Å². The minimum atomic E-state index is -0.340. The lowest BCUT2D eigenvalue weighted by atomic mass is 10.2. The number of amides is 1. The molecule has 0 bridgehead atoms. The summed E-state index contributed by atoms with van der Waals surface area (Å²) in [5.74, 6) is -0.340. The summed E-state index contributed by atoms with van der Waals surface area (Å²) in [5, 5.41) is 3.63. The topological polar surface area (TPSA) is 64.0 Å². The van der Waals surface area contributed by atoms with E-state index in [2.05, 4.69) is 32.9 Å². The van der Waals surface area contributed by atoms with Gasteiger partial charge in [0.05, 0.1) is 27.9 Å². The molecule has 0 radical (unpaired) electrons. The number of nitrogens with zero attached hydrogens (tertiary/aromatic N) is 2. The number of hydrogen-bond acceptors (Lipinski definition) is 3. The van der Waals surface area contributed by atoms with Crippen molar-refractivity contribution in [3.05, 3.63) is 67.7 Å². The van der Waals surface area contributed by atoms with Gasteiger partial charge in [-0.2, -0.15) is 0 Å². The van der Waals surface area contributed by atoms with Gasteiger partial charge in [-0.05, 0) is 52.9 Å². The lowest BCUT2D eigenvalue weighted by molar-refractivity contribution is -0.116. The van der Waals surface area contributed by atoms with Crippen molar-refractivity contribution in [2.75, 3.05) is 5.32 Å². The van der Waals surface area contributed by atoms with E-state index in [0.717, 1.165) is 3.57 Å². The molecule has 3 aromatic rings. The third-order valence-corrected chi connectivity index (χ3v) is 4.23. The molecule has 1 aromatic heterocycles. The molecule has 7 heteroatoms. The predicted octanol–water partition coefficient (Wildman–Crippen LogP) is 3.29. The molecule has 3 rings (SSSR count). The maximum absolute atomic E-state index is 12.3. The molecule has 2 aromatic carbocycles. The number of rotatable bonds is 3. The molecule has 0 aliphatic heterocycles. The maximum atomic E-state index is 12.3. The van der Waals surface area contributed by atoms with Crippen LogP contribution in [-0.2, 0) is 11.3 Å². The quantitative estimate of drug-likeness (QED) is 0.637. The van der Waals surface area contributed by atoms with Crippen LogP contribution in [0.25, 0.3) is 10.9 Å². The summed E-state index contributed by atoms with van der Waals surface area (Å²) in [6, 6.07) is 12.3.